The summed E-state index contributed by atoms with van der Waals surface area (Å²) in [6, 6.07) is 0. The van der Waals surface area contributed by atoms with E-state index < -0.39 is 23.1 Å². The van der Waals surface area contributed by atoms with Crippen molar-refractivity contribution in [1.82, 2.24) is 5.06 Å². The summed E-state index contributed by atoms with van der Waals surface area (Å²) in [5.74, 6) is 1.52. The third-order valence-corrected chi connectivity index (χ3v) is 3.44. The Hall–Kier alpha value is -1.05. The lowest BCUT2D eigenvalue weighted by molar-refractivity contribution is -0.249. The van der Waals surface area contributed by atoms with Crippen molar-refractivity contribution in [2.45, 2.75) is 58.2 Å². The molecule has 0 aliphatic carbocycles. The van der Waals surface area contributed by atoms with Crippen molar-refractivity contribution in [2.24, 2.45) is 5.92 Å². The third kappa shape index (κ3) is 2.46. The molecule has 1 saturated heterocycles. The van der Waals surface area contributed by atoms with Crippen molar-refractivity contribution in [2.75, 3.05) is 0 Å². The number of ether oxygens (including phenoxy) is 1. The molecule has 2 atom stereocenters. The maximum atomic E-state index is 12.1. The summed E-state index contributed by atoms with van der Waals surface area (Å²) in [4.78, 5) is 12.0. The SMILES string of the molecule is C#C[C@@H](C)OC(=O)C1CC(C)(C)N([O])C1(C)C. The van der Waals surface area contributed by atoms with Gasteiger partial charge in [-0.15, -0.1) is 16.7 Å². The van der Waals surface area contributed by atoms with Crippen LogP contribution in [0.4, 0.5) is 0 Å². The number of carbonyl (C=O) groups is 1. The van der Waals surface area contributed by atoms with E-state index in [1.165, 1.54) is 0 Å². The molecule has 0 spiro atoms. The highest BCUT2D eigenvalue weighted by molar-refractivity contribution is 5.75. The molecule has 0 saturated carbocycles. The van der Waals surface area contributed by atoms with Crippen LogP contribution in [0.1, 0.15) is 41.0 Å². The summed E-state index contributed by atoms with van der Waals surface area (Å²) in [5, 5.41) is 13.1. The van der Waals surface area contributed by atoms with E-state index in [2.05, 4.69) is 5.92 Å². The number of nitrogens with zero attached hydrogens (tertiary/aromatic N) is 1. The fraction of sp³-hybridized carbons (Fsp3) is 0.769. The monoisotopic (exact) mass is 238 g/mol. The molecule has 1 radical (unpaired) electrons. The largest absolute Gasteiger partial charge is 0.449 e. The van der Waals surface area contributed by atoms with Crippen LogP contribution in [0.15, 0.2) is 0 Å². The van der Waals surface area contributed by atoms with Gasteiger partial charge in [0.1, 0.15) is 0 Å². The van der Waals surface area contributed by atoms with E-state index in [1.54, 1.807) is 20.8 Å². The predicted octanol–water partition coefficient (Wildman–Crippen LogP) is 1.78. The van der Waals surface area contributed by atoms with Crippen LogP contribution in [-0.2, 0) is 14.7 Å². The number of hydrogen-bond acceptors (Lipinski definition) is 3. The van der Waals surface area contributed by atoms with Crippen LogP contribution in [-0.4, -0.2) is 28.2 Å². The molecule has 1 aliphatic heterocycles. The molecule has 1 rings (SSSR count). The highest BCUT2D eigenvalue weighted by atomic mass is 16.5. The average molecular weight is 238 g/mol. The van der Waals surface area contributed by atoms with E-state index in [1.807, 2.05) is 13.8 Å². The maximum absolute atomic E-state index is 12.1. The molecule has 4 heteroatoms. The van der Waals surface area contributed by atoms with Gasteiger partial charge in [0.05, 0.1) is 11.5 Å². The summed E-state index contributed by atoms with van der Waals surface area (Å²) >= 11 is 0. The Labute approximate surface area is 103 Å². The topological polar surface area (TPSA) is 49.4 Å². The smallest absolute Gasteiger partial charge is 0.312 e. The van der Waals surface area contributed by atoms with Crippen molar-refractivity contribution in [3.8, 4) is 12.3 Å². The van der Waals surface area contributed by atoms with Gasteiger partial charge in [-0.25, -0.2) is 0 Å². The summed E-state index contributed by atoms with van der Waals surface area (Å²) in [6.07, 6.45) is 5.10. The zero-order valence-corrected chi connectivity index (χ0v) is 11.1. The normalized spacial score (nSPS) is 28.4. The van der Waals surface area contributed by atoms with Gasteiger partial charge < -0.3 is 4.74 Å². The van der Waals surface area contributed by atoms with E-state index in [0.717, 1.165) is 5.06 Å². The molecule has 0 bridgehead atoms. The molecule has 1 heterocycles. The van der Waals surface area contributed by atoms with Crippen molar-refractivity contribution >= 4 is 5.97 Å². The molecule has 1 unspecified atom stereocenters. The van der Waals surface area contributed by atoms with E-state index >= 15 is 0 Å². The number of terminal acetylenes is 1. The Morgan fingerprint density at radius 1 is 1.47 bits per heavy atom. The van der Waals surface area contributed by atoms with Gasteiger partial charge in [-0.1, -0.05) is 5.92 Å². The van der Waals surface area contributed by atoms with Gasteiger partial charge in [0.2, 0.25) is 0 Å². The summed E-state index contributed by atoms with van der Waals surface area (Å²) in [5.41, 5.74) is -1.30. The summed E-state index contributed by atoms with van der Waals surface area (Å²) < 4.78 is 5.12. The molecule has 4 nitrogen and oxygen atoms in total. The lowest BCUT2D eigenvalue weighted by atomic mass is 9.87. The van der Waals surface area contributed by atoms with E-state index in [0.29, 0.717) is 6.42 Å². The molecular formula is C13H20NO3. The quantitative estimate of drug-likeness (QED) is 0.544. The zero-order valence-electron chi connectivity index (χ0n) is 11.1. The van der Waals surface area contributed by atoms with Gasteiger partial charge in [0, 0.05) is 5.54 Å². The standard InChI is InChI=1S/C13H20NO3/c1-7-9(2)17-11(15)10-8-12(3,4)14(16)13(10,5)6/h1,9-10H,8H2,2-6H3/t9-,10?/m1/s1. The van der Waals surface area contributed by atoms with Crippen LogP contribution in [0.25, 0.3) is 0 Å². The van der Waals surface area contributed by atoms with Gasteiger partial charge in [-0.2, -0.15) is 0 Å². The third-order valence-electron chi connectivity index (χ3n) is 3.44. The van der Waals surface area contributed by atoms with E-state index in [4.69, 9.17) is 11.2 Å². The van der Waals surface area contributed by atoms with Crippen LogP contribution >= 0.6 is 0 Å². The molecule has 17 heavy (non-hydrogen) atoms. The molecule has 0 aromatic heterocycles. The Morgan fingerprint density at radius 2 is 2.00 bits per heavy atom. The van der Waals surface area contributed by atoms with Gasteiger partial charge in [0.25, 0.3) is 0 Å². The van der Waals surface area contributed by atoms with Gasteiger partial charge >= 0.3 is 5.97 Å². The lowest BCUT2D eigenvalue weighted by Crippen LogP contribution is -2.47. The highest BCUT2D eigenvalue weighted by Gasteiger charge is 2.55. The van der Waals surface area contributed by atoms with E-state index in [9.17, 15) is 10.0 Å². The lowest BCUT2D eigenvalue weighted by Gasteiger charge is -2.33. The highest BCUT2D eigenvalue weighted by Crippen LogP contribution is 2.44. The first-order valence-electron chi connectivity index (χ1n) is 5.77. The molecule has 0 N–H and O–H groups in total. The number of carbonyl (C=O) groups excluding carboxylic acids is 1. The summed E-state index contributed by atoms with van der Waals surface area (Å²) in [6.45, 7) is 8.83. The number of hydrogen-bond donors (Lipinski definition) is 0. The Morgan fingerprint density at radius 3 is 2.35 bits per heavy atom. The van der Waals surface area contributed by atoms with Crippen molar-refractivity contribution in [1.29, 1.82) is 0 Å². The second-order valence-electron chi connectivity index (χ2n) is 5.76. The molecular weight excluding hydrogens is 218 g/mol. The number of esters is 1. The maximum Gasteiger partial charge on any atom is 0.312 e. The molecule has 1 aliphatic rings. The van der Waals surface area contributed by atoms with Crippen molar-refractivity contribution < 1.29 is 14.7 Å². The van der Waals surface area contributed by atoms with Crippen LogP contribution in [0.5, 0.6) is 0 Å². The number of rotatable bonds is 2. The van der Waals surface area contributed by atoms with Gasteiger partial charge in [-0.3, -0.25) is 4.79 Å². The van der Waals surface area contributed by atoms with Crippen LogP contribution in [0.3, 0.4) is 0 Å². The molecule has 95 valence electrons. The Bertz CT molecular complexity index is 354. The minimum atomic E-state index is -0.755. The van der Waals surface area contributed by atoms with Crippen molar-refractivity contribution in [3.63, 3.8) is 0 Å². The van der Waals surface area contributed by atoms with Gasteiger partial charge in [-0.05, 0) is 41.0 Å². The zero-order chi connectivity index (χ0) is 13.4. The van der Waals surface area contributed by atoms with E-state index in [-0.39, 0.29) is 5.97 Å². The second kappa shape index (κ2) is 4.32. The molecule has 1 fully saturated rings. The van der Waals surface area contributed by atoms with Gasteiger partial charge in [0.15, 0.2) is 6.10 Å². The molecule has 0 aromatic rings. The number of hydroxylamine groups is 2. The van der Waals surface area contributed by atoms with Crippen LogP contribution in [0.2, 0.25) is 0 Å². The minimum absolute atomic E-state index is 0.383. The Kier molecular flexibility index (Phi) is 3.56. The fourth-order valence-electron chi connectivity index (χ4n) is 2.42. The van der Waals surface area contributed by atoms with Crippen LogP contribution < -0.4 is 0 Å². The van der Waals surface area contributed by atoms with Crippen molar-refractivity contribution in [3.05, 3.63) is 0 Å². The minimum Gasteiger partial charge on any atom is -0.449 e. The first kappa shape index (κ1) is 14.0. The molecule has 0 amide bonds. The average Bonchev–Trinajstić information content (AvgIpc) is 2.39. The molecule has 0 aromatic carbocycles. The first-order valence-corrected chi connectivity index (χ1v) is 5.77. The summed E-state index contributed by atoms with van der Waals surface area (Å²) in [7, 11) is 0. The predicted molar refractivity (Wildman–Crippen MR) is 63.2 cm³/mol. The first-order chi connectivity index (χ1) is 7.63. The Balaban J connectivity index is 2.86. The fourth-order valence-corrected chi connectivity index (χ4v) is 2.42. The van der Waals surface area contributed by atoms with Crippen LogP contribution in [0, 0.1) is 18.3 Å². The second-order valence-corrected chi connectivity index (χ2v) is 5.76.